The van der Waals surface area contributed by atoms with Crippen molar-refractivity contribution < 1.29 is 9.53 Å². The van der Waals surface area contributed by atoms with E-state index in [1.165, 1.54) is 0 Å². The Morgan fingerprint density at radius 3 is 3.12 bits per heavy atom. The summed E-state index contributed by atoms with van der Waals surface area (Å²) < 4.78 is 9.61. The van der Waals surface area contributed by atoms with Crippen LogP contribution in [0.15, 0.2) is 30.9 Å². The van der Waals surface area contributed by atoms with Crippen LogP contribution in [0.1, 0.15) is 12.2 Å². The minimum absolute atomic E-state index is 0.128. The number of fused-ring (bicyclic) bond motifs is 1. The van der Waals surface area contributed by atoms with E-state index in [-0.39, 0.29) is 11.8 Å². The number of amides is 1. The summed E-state index contributed by atoms with van der Waals surface area (Å²) in [6.45, 7) is 5.03. The summed E-state index contributed by atoms with van der Waals surface area (Å²) in [6.07, 6.45) is 8.35. The molecule has 0 saturated carbocycles. The molecule has 0 spiro atoms. The van der Waals surface area contributed by atoms with Crippen molar-refractivity contribution in [2.45, 2.75) is 19.5 Å². The lowest BCUT2D eigenvalue weighted by molar-refractivity contribution is -0.131. The van der Waals surface area contributed by atoms with Crippen LogP contribution in [0.25, 0.3) is 0 Å². The van der Waals surface area contributed by atoms with Crippen LogP contribution in [-0.4, -0.2) is 63.0 Å². The number of aromatic nitrogens is 4. The first kappa shape index (κ1) is 17.2. The third kappa shape index (κ3) is 3.26. The Balaban J connectivity index is 1.33. The molecular formula is C18H26N6O2. The van der Waals surface area contributed by atoms with Gasteiger partial charge in [0.2, 0.25) is 5.91 Å². The highest BCUT2D eigenvalue weighted by atomic mass is 16.5. The molecule has 8 heteroatoms. The zero-order valence-corrected chi connectivity index (χ0v) is 15.2. The monoisotopic (exact) mass is 358 g/mol. The van der Waals surface area contributed by atoms with E-state index in [9.17, 15) is 4.79 Å². The Morgan fingerprint density at radius 2 is 2.35 bits per heavy atom. The predicted molar refractivity (Wildman–Crippen MR) is 95.1 cm³/mol. The first-order chi connectivity index (χ1) is 12.7. The fourth-order valence-electron chi connectivity index (χ4n) is 4.08. The lowest BCUT2D eigenvalue weighted by atomic mass is 9.80. The van der Waals surface area contributed by atoms with Crippen LogP contribution >= 0.6 is 0 Å². The highest BCUT2D eigenvalue weighted by Crippen LogP contribution is 2.41. The number of likely N-dealkylation sites (tertiary alicyclic amines) is 1. The van der Waals surface area contributed by atoms with Crippen molar-refractivity contribution in [2.24, 2.45) is 18.4 Å². The van der Waals surface area contributed by atoms with Crippen LogP contribution < -0.4 is 5.32 Å². The molecule has 1 amide bonds. The van der Waals surface area contributed by atoms with Crippen LogP contribution in [0, 0.1) is 11.3 Å². The van der Waals surface area contributed by atoms with Gasteiger partial charge in [0.1, 0.15) is 5.82 Å². The van der Waals surface area contributed by atoms with Gasteiger partial charge in [0, 0.05) is 63.9 Å². The van der Waals surface area contributed by atoms with Crippen LogP contribution in [-0.2, 0) is 29.7 Å². The van der Waals surface area contributed by atoms with Crippen molar-refractivity contribution in [3.05, 3.63) is 36.7 Å². The summed E-state index contributed by atoms with van der Waals surface area (Å²) in [5, 5.41) is 7.32. The van der Waals surface area contributed by atoms with Gasteiger partial charge in [0.15, 0.2) is 0 Å². The number of hydrogen-bond donors (Lipinski definition) is 1. The molecule has 0 unspecified atom stereocenters. The maximum Gasteiger partial charge on any atom is 0.230 e. The number of carbonyl (C=O) groups excluding carboxylic acids is 1. The lowest BCUT2D eigenvalue weighted by Crippen LogP contribution is -2.47. The third-order valence-corrected chi connectivity index (χ3v) is 5.59. The second-order valence-electron chi connectivity index (χ2n) is 7.37. The molecule has 140 valence electrons. The van der Waals surface area contributed by atoms with Gasteiger partial charge >= 0.3 is 0 Å². The van der Waals surface area contributed by atoms with Crippen molar-refractivity contribution in [1.29, 1.82) is 0 Å². The average Bonchev–Trinajstić information content (AvgIpc) is 3.37. The highest BCUT2D eigenvalue weighted by molar-refractivity contribution is 5.84. The van der Waals surface area contributed by atoms with Gasteiger partial charge in [-0.05, 0) is 12.5 Å². The molecule has 2 aliphatic rings. The molecule has 2 aromatic heterocycles. The molecule has 0 radical (unpaired) electrons. The maximum absolute atomic E-state index is 13.0. The molecule has 2 fully saturated rings. The van der Waals surface area contributed by atoms with E-state index in [1.807, 2.05) is 41.0 Å². The van der Waals surface area contributed by atoms with Gasteiger partial charge in [0.05, 0.1) is 25.2 Å². The quantitative estimate of drug-likeness (QED) is 0.719. The van der Waals surface area contributed by atoms with E-state index in [4.69, 9.17) is 4.74 Å². The van der Waals surface area contributed by atoms with Crippen molar-refractivity contribution in [2.75, 3.05) is 32.8 Å². The fourth-order valence-corrected chi connectivity index (χ4v) is 4.08. The Bertz CT molecular complexity index is 743. The average molecular weight is 358 g/mol. The molecular weight excluding hydrogens is 332 g/mol. The topological polar surface area (TPSA) is 77.2 Å². The van der Waals surface area contributed by atoms with Gasteiger partial charge in [-0.1, -0.05) is 0 Å². The van der Waals surface area contributed by atoms with E-state index >= 15 is 0 Å². The van der Waals surface area contributed by atoms with Crippen molar-refractivity contribution in [3.8, 4) is 0 Å². The molecule has 0 aromatic carbocycles. The molecule has 4 rings (SSSR count). The van der Waals surface area contributed by atoms with Gasteiger partial charge in [-0.3, -0.25) is 14.4 Å². The van der Waals surface area contributed by atoms with Gasteiger partial charge in [-0.15, -0.1) is 0 Å². The number of nitrogens with zero attached hydrogens (tertiary/aromatic N) is 5. The Morgan fingerprint density at radius 1 is 1.42 bits per heavy atom. The predicted octanol–water partition coefficient (Wildman–Crippen LogP) is 0.272. The Kier molecular flexibility index (Phi) is 4.78. The fraction of sp³-hybridized carbons (Fsp3) is 0.611. The molecule has 2 aromatic rings. The molecule has 2 atom stereocenters. The zero-order valence-electron chi connectivity index (χ0n) is 15.2. The number of rotatable bonds is 7. The smallest absolute Gasteiger partial charge is 0.230 e. The SMILES string of the molecule is Cn1ccnc1CN1C[C@@H]2COC[C@]2(C(=O)NCCCn2cccn2)C1. The van der Waals surface area contributed by atoms with E-state index in [2.05, 4.69) is 20.3 Å². The highest BCUT2D eigenvalue weighted by Gasteiger charge is 2.55. The summed E-state index contributed by atoms with van der Waals surface area (Å²) >= 11 is 0. The van der Waals surface area contributed by atoms with Crippen LogP contribution in [0.2, 0.25) is 0 Å². The van der Waals surface area contributed by atoms with Crippen molar-refractivity contribution >= 4 is 5.91 Å². The van der Waals surface area contributed by atoms with Crippen LogP contribution in [0.4, 0.5) is 0 Å². The summed E-state index contributed by atoms with van der Waals surface area (Å²) in [4.78, 5) is 19.7. The van der Waals surface area contributed by atoms with Crippen LogP contribution in [0.3, 0.4) is 0 Å². The summed E-state index contributed by atoms with van der Waals surface area (Å²) in [7, 11) is 2.00. The van der Waals surface area contributed by atoms with E-state index in [0.29, 0.717) is 19.8 Å². The normalized spacial score (nSPS) is 25.5. The van der Waals surface area contributed by atoms with Gasteiger partial charge < -0.3 is 14.6 Å². The van der Waals surface area contributed by atoms with E-state index in [1.54, 1.807) is 6.20 Å². The second-order valence-corrected chi connectivity index (χ2v) is 7.37. The summed E-state index contributed by atoms with van der Waals surface area (Å²) in [6, 6.07) is 1.91. The first-order valence-electron chi connectivity index (χ1n) is 9.19. The lowest BCUT2D eigenvalue weighted by Gasteiger charge is -2.26. The molecule has 8 nitrogen and oxygen atoms in total. The number of ether oxygens (including phenoxy) is 1. The number of nitrogens with one attached hydrogen (secondary N) is 1. The van der Waals surface area contributed by atoms with Crippen LogP contribution in [0.5, 0.6) is 0 Å². The summed E-state index contributed by atoms with van der Waals surface area (Å²) in [5.74, 6) is 1.41. The standard InChI is InChI=1S/C18H26N6O2/c1-22-9-6-19-16(22)11-23-10-15-12-26-14-18(15,13-23)17(25)20-4-2-7-24-8-3-5-21-24/h3,5-6,8-9,15H,2,4,7,10-14H2,1H3,(H,20,25)/t15-,18-/m1/s1. The number of carbonyl (C=O) groups is 1. The summed E-state index contributed by atoms with van der Waals surface area (Å²) in [5.41, 5.74) is -0.420. The molecule has 0 aliphatic carbocycles. The molecule has 1 N–H and O–H groups in total. The van der Waals surface area contributed by atoms with Crippen molar-refractivity contribution in [3.63, 3.8) is 0 Å². The van der Waals surface area contributed by atoms with Gasteiger partial charge in [-0.25, -0.2) is 4.98 Å². The number of aryl methyl sites for hydroxylation is 2. The molecule has 2 saturated heterocycles. The first-order valence-corrected chi connectivity index (χ1v) is 9.19. The van der Waals surface area contributed by atoms with Crippen molar-refractivity contribution in [1.82, 2.24) is 29.5 Å². The molecule has 26 heavy (non-hydrogen) atoms. The zero-order chi connectivity index (χ0) is 18.0. The third-order valence-electron chi connectivity index (χ3n) is 5.59. The Labute approximate surface area is 153 Å². The largest absolute Gasteiger partial charge is 0.380 e. The van der Waals surface area contributed by atoms with Gasteiger partial charge in [-0.2, -0.15) is 5.10 Å². The Hall–Kier alpha value is -2.19. The molecule has 2 aliphatic heterocycles. The minimum Gasteiger partial charge on any atom is -0.380 e. The number of hydrogen-bond acceptors (Lipinski definition) is 5. The molecule has 0 bridgehead atoms. The van der Waals surface area contributed by atoms with E-state index in [0.717, 1.165) is 38.4 Å². The van der Waals surface area contributed by atoms with E-state index < -0.39 is 5.41 Å². The maximum atomic E-state index is 13.0. The second kappa shape index (κ2) is 7.20. The minimum atomic E-state index is -0.420. The molecule has 4 heterocycles. The number of imidazole rings is 1. The van der Waals surface area contributed by atoms with Gasteiger partial charge in [0.25, 0.3) is 0 Å².